The normalized spacial score (nSPS) is 28.2. The third-order valence-corrected chi connectivity index (χ3v) is 6.13. The van der Waals surface area contributed by atoms with Crippen molar-refractivity contribution in [1.29, 1.82) is 0 Å². The van der Waals surface area contributed by atoms with Crippen LogP contribution in [-0.4, -0.2) is 73.9 Å². The molecule has 1 spiro atoms. The Kier molecular flexibility index (Phi) is 5.66. The minimum Gasteiger partial charge on any atom is -0.381 e. The van der Waals surface area contributed by atoms with E-state index >= 15 is 0 Å². The van der Waals surface area contributed by atoms with Gasteiger partial charge in [0.1, 0.15) is 0 Å². The van der Waals surface area contributed by atoms with Gasteiger partial charge in [-0.05, 0) is 56.0 Å². The molecule has 1 atom stereocenters. The predicted molar refractivity (Wildman–Crippen MR) is 97.4 cm³/mol. The van der Waals surface area contributed by atoms with E-state index in [1.807, 2.05) is 12.4 Å². The van der Waals surface area contributed by atoms with Crippen molar-refractivity contribution in [2.45, 2.75) is 25.8 Å². The van der Waals surface area contributed by atoms with E-state index in [0.29, 0.717) is 5.41 Å². The Balaban J connectivity index is 1.32. The fourth-order valence-electron chi connectivity index (χ4n) is 4.57. The fourth-order valence-corrected chi connectivity index (χ4v) is 4.57. The number of likely N-dealkylation sites (tertiary alicyclic amines) is 1. The number of pyridine rings is 1. The minimum absolute atomic E-state index is 0.339. The number of rotatable bonds is 4. The van der Waals surface area contributed by atoms with E-state index < -0.39 is 0 Å². The van der Waals surface area contributed by atoms with Gasteiger partial charge in [0.15, 0.2) is 0 Å². The lowest BCUT2D eigenvalue weighted by Gasteiger charge is -2.43. The van der Waals surface area contributed by atoms with Gasteiger partial charge in [-0.1, -0.05) is 0 Å². The molecule has 3 fully saturated rings. The molecule has 0 saturated carbocycles. The second-order valence-corrected chi connectivity index (χ2v) is 8.15. The molecule has 1 aromatic heterocycles. The quantitative estimate of drug-likeness (QED) is 0.835. The second-order valence-electron chi connectivity index (χ2n) is 8.15. The van der Waals surface area contributed by atoms with E-state index in [1.165, 1.54) is 44.5 Å². The molecule has 0 aliphatic carbocycles. The molecule has 4 rings (SSSR count). The van der Waals surface area contributed by atoms with Crippen molar-refractivity contribution in [1.82, 2.24) is 14.8 Å². The van der Waals surface area contributed by atoms with Crippen molar-refractivity contribution in [3.63, 3.8) is 0 Å². The molecule has 4 heterocycles. The highest BCUT2D eigenvalue weighted by atomic mass is 16.5. The van der Waals surface area contributed by atoms with Gasteiger partial charge in [0.05, 0.1) is 19.8 Å². The SMILES string of the molecule is c1cc(CN2CCOCC3(CCN(CC4CCOC4)CC3)C2)ccn1. The first kappa shape index (κ1) is 17.4. The van der Waals surface area contributed by atoms with E-state index in [0.717, 1.165) is 52.0 Å². The highest BCUT2D eigenvalue weighted by Gasteiger charge is 2.38. The van der Waals surface area contributed by atoms with Crippen molar-refractivity contribution >= 4 is 0 Å². The van der Waals surface area contributed by atoms with Crippen LogP contribution in [0.25, 0.3) is 0 Å². The first-order valence-electron chi connectivity index (χ1n) is 9.80. The summed E-state index contributed by atoms with van der Waals surface area (Å²) in [5.41, 5.74) is 1.69. The first-order valence-corrected chi connectivity index (χ1v) is 9.80. The first-order chi connectivity index (χ1) is 12.3. The minimum atomic E-state index is 0.339. The summed E-state index contributed by atoms with van der Waals surface area (Å²) in [5.74, 6) is 0.752. The van der Waals surface area contributed by atoms with Crippen molar-refractivity contribution in [3.8, 4) is 0 Å². The van der Waals surface area contributed by atoms with Crippen molar-refractivity contribution < 1.29 is 9.47 Å². The Morgan fingerprint density at radius 1 is 1.04 bits per heavy atom. The molecule has 3 aliphatic heterocycles. The molecule has 3 saturated heterocycles. The highest BCUT2D eigenvalue weighted by Crippen LogP contribution is 2.35. The van der Waals surface area contributed by atoms with Crippen LogP contribution in [0, 0.1) is 11.3 Å². The summed E-state index contributed by atoms with van der Waals surface area (Å²) in [6.07, 6.45) is 7.54. The number of hydrogen-bond acceptors (Lipinski definition) is 5. The molecule has 138 valence electrons. The van der Waals surface area contributed by atoms with Gasteiger partial charge in [-0.2, -0.15) is 0 Å². The number of nitrogens with zero attached hydrogens (tertiary/aromatic N) is 3. The summed E-state index contributed by atoms with van der Waals surface area (Å²) in [5, 5.41) is 0. The molecule has 1 aromatic rings. The molecule has 5 heteroatoms. The summed E-state index contributed by atoms with van der Waals surface area (Å²) in [7, 11) is 0. The van der Waals surface area contributed by atoms with Gasteiger partial charge in [-0.3, -0.25) is 9.88 Å². The molecule has 0 radical (unpaired) electrons. The maximum atomic E-state index is 6.03. The molecular formula is C20H31N3O2. The van der Waals surface area contributed by atoms with Gasteiger partial charge in [0.25, 0.3) is 0 Å². The summed E-state index contributed by atoms with van der Waals surface area (Å²) in [6.45, 7) is 10.6. The Hall–Kier alpha value is -1.01. The average molecular weight is 345 g/mol. The summed E-state index contributed by atoms with van der Waals surface area (Å²) in [4.78, 5) is 9.37. The zero-order valence-corrected chi connectivity index (χ0v) is 15.2. The van der Waals surface area contributed by atoms with Crippen molar-refractivity contribution in [2.24, 2.45) is 11.3 Å². The lowest BCUT2D eigenvalue weighted by Crippen LogP contribution is -2.48. The number of hydrogen-bond donors (Lipinski definition) is 0. The van der Waals surface area contributed by atoms with E-state index in [4.69, 9.17) is 9.47 Å². The molecule has 5 nitrogen and oxygen atoms in total. The Labute approximate surface area is 151 Å². The van der Waals surface area contributed by atoms with Crippen molar-refractivity contribution in [3.05, 3.63) is 30.1 Å². The Bertz CT molecular complexity index is 525. The number of piperidine rings is 1. The van der Waals surface area contributed by atoms with Crippen LogP contribution in [0.1, 0.15) is 24.8 Å². The van der Waals surface area contributed by atoms with Gasteiger partial charge in [-0.25, -0.2) is 0 Å². The maximum absolute atomic E-state index is 6.03. The van der Waals surface area contributed by atoms with E-state index in [2.05, 4.69) is 26.9 Å². The molecule has 25 heavy (non-hydrogen) atoms. The summed E-state index contributed by atoms with van der Waals surface area (Å²) < 4.78 is 11.6. The molecule has 3 aliphatic rings. The van der Waals surface area contributed by atoms with Crippen LogP contribution in [0.15, 0.2) is 24.5 Å². The van der Waals surface area contributed by atoms with Crippen LogP contribution in [-0.2, 0) is 16.0 Å². The topological polar surface area (TPSA) is 37.8 Å². The number of ether oxygens (including phenoxy) is 2. The Morgan fingerprint density at radius 2 is 1.88 bits per heavy atom. The zero-order valence-electron chi connectivity index (χ0n) is 15.2. The summed E-state index contributed by atoms with van der Waals surface area (Å²) in [6, 6.07) is 4.26. The number of aromatic nitrogens is 1. The van der Waals surface area contributed by atoms with Gasteiger partial charge in [0, 0.05) is 50.6 Å². The van der Waals surface area contributed by atoms with Crippen LogP contribution < -0.4 is 0 Å². The zero-order chi connectivity index (χ0) is 17.0. The van der Waals surface area contributed by atoms with Gasteiger partial charge >= 0.3 is 0 Å². The Morgan fingerprint density at radius 3 is 2.64 bits per heavy atom. The van der Waals surface area contributed by atoms with Crippen LogP contribution >= 0.6 is 0 Å². The van der Waals surface area contributed by atoms with E-state index in [-0.39, 0.29) is 0 Å². The van der Waals surface area contributed by atoms with Crippen LogP contribution in [0.5, 0.6) is 0 Å². The van der Waals surface area contributed by atoms with E-state index in [9.17, 15) is 0 Å². The molecule has 1 unspecified atom stereocenters. The van der Waals surface area contributed by atoms with Crippen LogP contribution in [0.3, 0.4) is 0 Å². The highest BCUT2D eigenvalue weighted by molar-refractivity contribution is 5.09. The second kappa shape index (κ2) is 8.12. The standard InChI is InChI=1S/C20H31N3O2/c1-6-21-7-2-18(1)13-23-10-12-25-17-20(16-23)4-8-22(9-5-20)14-19-3-11-24-15-19/h1-2,6-7,19H,3-5,8-17H2. The van der Waals surface area contributed by atoms with Crippen LogP contribution in [0.4, 0.5) is 0 Å². The molecule has 0 bridgehead atoms. The smallest absolute Gasteiger partial charge is 0.0593 e. The fraction of sp³-hybridized carbons (Fsp3) is 0.750. The predicted octanol–water partition coefficient (Wildman–Crippen LogP) is 2.03. The van der Waals surface area contributed by atoms with E-state index in [1.54, 1.807) is 0 Å². The average Bonchev–Trinajstić information content (AvgIpc) is 3.07. The molecular weight excluding hydrogens is 314 g/mol. The third-order valence-electron chi connectivity index (χ3n) is 6.13. The summed E-state index contributed by atoms with van der Waals surface area (Å²) >= 11 is 0. The lowest BCUT2D eigenvalue weighted by atomic mass is 9.78. The largest absolute Gasteiger partial charge is 0.381 e. The van der Waals surface area contributed by atoms with Crippen LogP contribution in [0.2, 0.25) is 0 Å². The van der Waals surface area contributed by atoms with Crippen molar-refractivity contribution in [2.75, 3.05) is 59.2 Å². The molecule has 0 N–H and O–H groups in total. The van der Waals surface area contributed by atoms with Gasteiger partial charge in [-0.15, -0.1) is 0 Å². The molecule has 0 aromatic carbocycles. The third kappa shape index (κ3) is 4.59. The maximum Gasteiger partial charge on any atom is 0.0593 e. The van der Waals surface area contributed by atoms with Gasteiger partial charge in [0.2, 0.25) is 0 Å². The molecule has 0 amide bonds. The van der Waals surface area contributed by atoms with Gasteiger partial charge < -0.3 is 14.4 Å². The lowest BCUT2D eigenvalue weighted by molar-refractivity contribution is 0.0105. The monoisotopic (exact) mass is 345 g/mol.